The van der Waals surface area contributed by atoms with Crippen LogP contribution in [0, 0.1) is 20.8 Å². The lowest BCUT2D eigenvalue weighted by Gasteiger charge is -2.08. The van der Waals surface area contributed by atoms with Crippen LogP contribution in [-0.2, 0) is 13.2 Å². The van der Waals surface area contributed by atoms with Crippen LogP contribution < -0.4 is 4.74 Å². The van der Waals surface area contributed by atoms with Crippen molar-refractivity contribution in [2.75, 3.05) is 0 Å². The van der Waals surface area contributed by atoms with Gasteiger partial charge in [0.25, 0.3) is 0 Å². The predicted octanol–water partition coefficient (Wildman–Crippen LogP) is 4.90. The number of hydrogen-bond donors (Lipinski definition) is 0. The molecule has 0 unspecified atom stereocenters. The van der Waals surface area contributed by atoms with Gasteiger partial charge in [-0.25, -0.2) is 4.98 Å². The molecule has 2 aromatic heterocycles. The Bertz CT molecular complexity index is 1160. The van der Waals surface area contributed by atoms with Gasteiger partial charge in [-0.3, -0.25) is 9.48 Å². The molecule has 0 fully saturated rings. The number of nitrogens with zero attached hydrogens (tertiary/aromatic N) is 3. The maximum absolute atomic E-state index is 11.2. The fraction of sp³-hybridized carbons (Fsp3) is 0.208. The minimum Gasteiger partial charge on any atom is -0.487 e. The molecule has 0 atom stereocenters. The third-order valence-corrected chi connectivity index (χ3v) is 5.10. The molecule has 0 saturated carbocycles. The summed E-state index contributed by atoms with van der Waals surface area (Å²) < 4.78 is 13.5. The van der Waals surface area contributed by atoms with Crippen molar-refractivity contribution in [1.82, 2.24) is 14.8 Å². The molecule has 0 aliphatic carbocycles. The van der Waals surface area contributed by atoms with Crippen LogP contribution >= 0.6 is 0 Å². The van der Waals surface area contributed by atoms with E-state index in [1.165, 1.54) is 0 Å². The summed E-state index contributed by atoms with van der Waals surface area (Å²) in [6.45, 7) is 6.58. The van der Waals surface area contributed by atoms with E-state index in [1.54, 1.807) is 0 Å². The Balaban J connectivity index is 1.41. The topological polar surface area (TPSA) is 70.2 Å². The number of benzene rings is 2. The zero-order valence-electron chi connectivity index (χ0n) is 17.3. The summed E-state index contributed by atoms with van der Waals surface area (Å²) in [5.41, 5.74) is 5.08. The highest BCUT2D eigenvalue weighted by Crippen LogP contribution is 2.23. The number of rotatable bonds is 7. The van der Waals surface area contributed by atoms with Crippen molar-refractivity contribution < 1.29 is 13.9 Å². The van der Waals surface area contributed by atoms with Crippen molar-refractivity contribution in [2.45, 2.75) is 33.9 Å². The minimum atomic E-state index is 0.335. The van der Waals surface area contributed by atoms with Crippen molar-refractivity contribution in [2.24, 2.45) is 0 Å². The number of oxazole rings is 1. The Morgan fingerprint density at radius 3 is 2.43 bits per heavy atom. The number of ether oxygens (including phenoxy) is 1. The summed E-state index contributed by atoms with van der Waals surface area (Å²) in [5, 5.41) is 4.45. The molecule has 0 amide bonds. The van der Waals surface area contributed by atoms with Gasteiger partial charge in [0.15, 0.2) is 6.29 Å². The number of aldehydes is 1. The summed E-state index contributed by atoms with van der Waals surface area (Å²) in [5.74, 6) is 2.10. The molecule has 6 nitrogen and oxygen atoms in total. The summed E-state index contributed by atoms with van der Waals surface area (Å²) >= 11 is 0. The van der Waals surface area contributed by atoms with Crippen LogP contribution in [0.2, 0.25) is 0 Å². The van der Waals surface area contributed by atoms with E-state index in [1.807, 2.05) is 80.1 Å². The average molecular weight is 401 g/mol. The molecule has 0 aliphatic rings. The highest BCUT2D eigenvalue weighted by molar-refractivity contribution is 5.78. The predicted molar refractivity (Wildman–Crippen MR) is 114 cm³/mol. The number of carbonyl (C=O) groups is 1. The molecule has 0 saturated heterocycles. The molecule has 6 heteroatoms. The van der Waals surface area contributed by atoms with Crippen LogP contribution in [0.15, 0.2) is 59.0 Å². The van der Waals surface area contributed by atoms with Crippen molar-refractivity contribution in [3.05, 3.63) is 88.6 Å². The minimum absolute atomic E-state index is 0.335. The van der Waals surface area contributed by atoms with Crippen LogP contribution in [0.4, 0.5) is 0 Å². The van der Waals surface area contributed by atoms with E-state index < -0.39 is 0 Å². The Kier molecular flexibility index (Phi) is 5.48. The van der Waals surface area contributed by atoms with Gasteiger partial charge in [0.05, 0.1) is 17.8 Å². The average Bonchev–Trinajstić information content (AvgIpc) is 3.26. The van der Waals surface area contributed by atoms with Gasteiger partial charge in [0.1, 0.15) is 23.8 Å². The second-order valence-corrected chi connectivity index (χ2v) is 7.18. The van der Waals surface area contributed by atoms with E-state index in [-0.39, 0.29) is 0 Å². The van der Waals surface area contributed by atoms with Crippen molar-refractivity contribution in [3.8, 4) is 17.2 Å². The zero-order valence-corrected chi connectivity index (χ0v) is 17.3. The molecule has 30 heavy (non-hydrogen) atoms. The fourth-order valence-electron chi connectivity index (χ4n) is 3.32. The monoisotopic (exact) mass is 401 g/mol. The first kappa shape index (κ1) is 19.6. The number of aromatic nitrogens is 3. The first-order chi connectivity index (χ1) is 14.5. The number of aryl methyl sites for hydroxylation is 2. The Morgan fingerprint density at radius 1 is 1.03 bits per heavy atom. The molecule has 2 heterocycles. The van der Waals surface area contributed by atoms with Gasteiger partial charge < -0.3 is 9.15 Å². The van der Waals surface area contributed by atoms with E-state index in [4.69, 9.17) is 9.15 Å². The third kappa shape index (κ3) is 4.03. The van der Waals surface area contributed by atoms with Crippen molar-refractivity contribution in [1.29, 1.82) is 0 Å². The van der Waals surface area contributed by atoms with Gasteiger partial charge in [0, 0.05) is 11.3 Å². The summed E-state index contributed by atoms with van der Waals surface area (Å²) in [4.78, 5) is 15.7. The highest BCUT2D eigenvalue weighted by Gasteiger charge is 2.13. The second-order valence-electron chi connectivity index (χ2n) is 7.18. The van der Waals surface area contributed by atoms with Gasteiger partial charge in [-0.15, -0.1) is 0 Å². The van der Waals surface area contributed by atoms with Crippen molar-refractivity contribution >= 4 is 6.29 Å². The lowest BCUT2D eigenvalue weighted by molar-refractivity contribution is 0.112. The molecule has 4 rings (SSSR count). The first-order valence-electron chi connectivity index (χ1n) is 9.78. The van der Waals surface area contributed by atoms with E-state index in [0.29, 0.717) is 24.6 Å². The molecule has 4 aromatic rings. The SMILES string of the molecule is Cc1nn(Cc2ccc(OCc3nc(-c4ccccc4)oc3C)cc2)c(C)c1C=O. The van der Waals surface area contributed by atoms with Crippen LogP contribution in [-0.4, -0.2) is 21.1 Å². The van der Waals surface area contributed by atoms with Crippen molar-refractivity contribution in [3.63, 3.8) is 0 Å². The normalized spacial score (nSPS) is 10.9. The lowest BCUT2D eigenvalue weighted by atomic mass is 10.2. The first-order valence-corrected chi connectivity index (χ1v) is 9.78. The molecular weight excluding hydrogens is 378 g/mol. The Labute approximate surface area is 175 Å². The van der Waals surface area contributed by atoms with E-state index in [2.05, 4.69) is 10.1 Å². The smallest absolute Gasteiger partial charge is 0.226 e. The standard InChI is InChI=1S/C24H23N3O3/c1-16-22(14-28)17(2)27(26-16)13-19-9-11-21(12-10-19)29-15-23-18(3)30-24(25-23)20-7-5-4-6-8-20/h4-12,14H,13,15H2,1-3H3. The quantitative estimate of drug-likeness (QED) is 0.412. The third-order valence-electron chi connectivity index (χ3n) is 5.10. The molecule has 0 spiro atoms. The van der Waals surface area contributed by atoms with E-state index in [0.717, 1.165) is 46.0 Å². The van der Waals surface area contributed by atoms with Crippen LogP contribution in [0.25, 0.3) is 11.5 Å². The zero-order chi connectivity index (χ0) is 21.1. The van der Waals surface area contributed by atoms with Crippen LogP contribution in [0.1, 0.15) is 38.8 Å². The second kappa shape index (κ2) is 8.37. The molecule has 0 bridgehead atoms. The summed E-state index contributed by atoms with van der Waals surface area (Å²) in [7, 11) is 0. The molecule has 0 aliphatic heterocycles. The highest BCUT2D eigenvalue weighted by atomic mass is 16.5. The van der Waals surface area contributed by atoms with E-state index in [9.17, 15) is 4.79 Å². The Morgan fingerprint density at radius 2 is 1.77 bits per heavy atom. The maximum Gasteiger partial charge on any atom is 0.226 e. The molecular formula is C24H23N3O3. The van der Waals surface area contributed by atoms with Gasteiger partial charge in [-0.05, 0) is 50.6 Å². The van der Waals surface area contributed by atoms with E-state index >= 15 is 0 Å². The lowest BCUT2D eigenvalue weighted by Crippen LogP contribution is -2.04. The van der Waals surface area contributed by atoms with Gasteiger partial charge >= 0.3 is 0 Å². The Hall–Kier alpha value is -3.67. The fourth-order valence-corrected chi connectivity index (χ4v) is 3.32. The van der Waals surface area contributed by atoms with Crippen LogP contribution in [0.5, 0.6) is 5.75 Å². The largest absolute Gasteiger partial charge is 0.487 e. The summed E-state index contributed by atoms with van der Waals surface area (Å²) in [6.07, 6.45) is 0.861. The molecule has 152 valence electrons. The molecule has 0 N–H and O–H groups in total. The van der Waals surface area contributed by atoms with Crippen LogP contribution in [0.3, 0.4) is 0 Å². The van der Waals surface area contributed by atoms with Gasteiger partial charge in [0.2, 0.25) is 5.89 Å². The summed E-state index contributed by atoms with van der Waals surface area (Å²) in [6, 6.07) is 17.7. The van der Waals surface area contributed by atoms with Gasteiger partial charge in [-0.2, -0.15) is 5.10 Å². The maximum atomic E-state index is 11.2. The number of carbonyl (C=O) groups excluding carboxylic acids is 1. The molecule has 0 radical (unpaired) electrons. The molecule has 2 aromatic carbocycles. The number of hydrogen-bond acceptors (Lipinski definition) is 5. The van der Waals surface area contributed by atoms with Gasteiger partial charge in [-0.1, -0.05) is 30.3 Å².